The normalized spacial score (nSPS) is 26.8. The SMILES string of the molecule is CC1(C)CC(NC(CCO)C(C)(C)C)CCO1. The fraction of sp³-hybridized carbons (Fsp3) is 1.00. The zero-order chi connectivity index (χ0) is 13.1. The first-order valence-corrected chi connectivity index (χ1v) is 6.75. The molecule has 3 nitrogen and oxygen atoms in total. The van der Waals surface area contributed by atoms with E-state index >= 15 is 0 Å². The van der Waals surface area contributed by atoms with Crippen molar-refractivity contribution in [1.29, 1.82) is 0 Å². The van der Waals surface area contributed by atoms with Crippen LogP contribution in [0, 0.1) is 5.41 Å². The van der Waals surface area contributed by atoms with Crippen LogP contribution in [-0.2, 0) is 4.74 Å². The van der Waals surface area contributed by atoms with E-state index in [0.717, 1.165) is 25.9 Å². The van der Waals surface area contributed by atoms with E-state index in [2.05, 4.69) is 39.9 Å². The molecular weight excluding hydrogens is 214 g/mol. The number of hydrogen-bond acceptors (Lipinski definition) is 3. The number of ether oxygens (including phenoxy) is 1. The molecule has 0 amide bonds. The minimum absolute atomic E-state index is 0.0163. The van der Waals surface area contributed by atoms with Crippen molar-refractivity contribution >= 4 is 0 Å². The third-order valence-electron chi connectivity index (χ3n) is 3.60. The summed E-state index contributed by atoms with van der Waals surface area (Å²) in [4.78, 5) is 0. The Morgan fingerprint density at radius 1 is 1.41 bits per heavy atom. The zero-order valence-electron chi connectivity index (χ0n) is 12.0. The van der Waals surface area contributed by atoms with Crippen LogP contribution in [0.1, 0.15) is 53.9 Å². The fourth-order valence-corrected chi connectivity index (χ4v) is 2.55. The van der Waals surface area contributed by atoms with Crippen molar-refractivity contribution in [3.8, 4) is 0 Å². The molecule has 0 aliphatic carbocycles. The van der Waals surface area contributed by atoms with Crippen LogP contribution in [0.15, 0.2) is 0 Å². The summed E-state index contributed by atoms with van der Waals surface area (Å²) in [5.74, 6) is 0. The summed E-state index contributed by atoms with van der Waals surface area (Å²) in [6.07, 6.45) is 2.94. The largest absolute Gasteiger partial charge is 0.396 e. The van der Waals surface area contributed by atoms with Gasteiger partial charge in [-0.1, -0.05) is 20.8 Å². The smallest absolute Gasteiger partial charge is 0.0641 e. The van der Waals surface area contributed by atoms with E-state index in [0.29, 0.717) is 12.1 Å². The Morgan fingerprint density at radius 3 is 2.53 bits per heavy atom. The van der Waals surface area contributed by atoms with Crippen LogP contribution in [0.3, 0.4) is 0 Å². The molecular formula is C14H29NO2. The molecule has 1 rings (SSSR count). The van der Waals surface area contributed by atoms with Crippen LogP contribution in [0.5, 0.6) is 0 Å². The molecule has 17 heavy (non-hydrogen) atoms. The Balaban J connectivity index is 2.55. The number of hydrogen-bond donors (Lipinski definition) is 2. The zero-order valence-corrected chi connectivity index (χ0v) is 12.0. The van der Waals surface area contributed by atoms with Crippen LogP contribution < -0.4 is 5.32 Å². The Morgan fingerprint density at radius 2 is 2.06 bits per heavy atom. The van der Waals surface area contributed by atoms with E-state index in [9.17, 15) is 0 Å². The lowest BCUT2D eigenvalue weighted by Crippen LogP contribution is -2.51. The summed E-state index contributed by atoms with van der Waals surface area (Å²) < 4.78 is 5.73. The van der Waals surface area contributed by atoms with Gasteiger partial charge in [0, 0.05) is 25.3 Å². The maximum Gasteiger partial charge on any atom is 0.0641 e. The highest BCUT2D eigenvalue weighted by Gasteiger charge is 2.32. The Kier molecular flexibility index (Phi) is 4.99. The van der Waals surface area contributed by atoms with Crippen LogP contribution in [0.25, 0.3) is 0 Å². The average Bonchev–Trinajstić information content (AvgIpc) is 2.14. The molecule has 0 spiro atoms. The summed E-state index contributed by atoms with van der Waals surface area (Å²) in [6.45, 7) is 12.1. The number of nitrogens with one attached hydrogen (secondary N) is 1. The van der Waals surface area contributed by atoms with Gasteiger partial charge in [-0.3, -0.25) is 0 Å². The highest BCUT2D eigenvalue weighted by Crippen LogP contribution is 2.27. The van der Waals surface area contributed by atoms with Crippen LogP contribution in [0.4, 0.5) is 0 Å². The molecule has 0 radical (unpaired) electrons. The molecule has 2 unspecified atom stereocenters. The highest BCUT2D eigenvalue weighted by molar-refractivity contribution is 4.88. The number of aliphatic hydroxyl groups excluding tert-OH is 1. The lowest BCUT2D eigenvalue weighted by molar-refractivity contribution is -0.0661. The molecule has 3 heteroatoms. The minimum Gasteiger partial charge on any atom is -0.396 e. The lowest BCUT2D eigenvalue weighted by Gasteiger charge is -2.40. The van der Waals surface area contributed by atoms with Crippen molar-refractivity contribution in [3.05, 3.63) is 0 Å². The van der Waals surface area contributed by atoms with Gasteiger partial charge in [-0.25, -0.2) is 0 Å². The predicted molar refractivity (Wildman–Crippen MR) is 71.1 cm³/mol. The molecule has 2 N–H and O–H groups in total. The number of aliphatic hydroxyl groups is 1. The molecule has 0 bridgehead atoms. The van der Waals surface area contributed by atoms with Gasteiger partial charge in [-0.15, -0.1) is 0 Å². The Hall–Kier alpha value is -0.120. The topological polar surface area (TPSA) is 41.5 Å². The maximum atomic E-state index is 9.17. The van der Waals surface area contributed by atoms with Gasteiger partial charge in [0.2, 0.25) is 0 Å². The first-order chi connectivity index (χ1) is 7.74. The second-order valence-corrected chi connectivity index (χ2v) is 6.90. The summed E-state index contributed by atoms with van der Waals surface area (Å²) >= 11 is 0. The third kappa shape index (κ3) is 4.94. The lowest BCUT2D eigenvalue weighted by atomic mass is 9.83. The summed E-state index contributed by atoms with van der Waals surface area (Å²) in [5.41, 5.74) is 0.169. The maximum absolute atomic E-state index is 9.17. The van der Waals surface area contributed by atoms with Crippen molar-refractivity contribution in [2.45, 2.75) is 71.6 Å². The van der Waals surface area contributed by atoms with Gasteiger partial charge < -0.3 is 15.2 Å². The second-order valence-electron chi connectivity index (χ2n) is 6.90. The summed E-state index contributed by atoms with van der Waals surface area (Å²) in [5, 5.41) is 12.9. The molecule has 0 aromatic carbocycles. The second kappa shape index (κ2) is 5.68. The highest BCUT2D eigenvalue weighted by atomic mass is 16.5. The molecule has 2 atom stereocenters. The van der Waals surface area contributed by atoms with Crippen molar-refractivity contribution in [3.63, 3.8) is 0 Å². The quantitative estimate of drug-likeness (QED) is 0.796. The molecule has 0 aromatic heterocycles. The van der Waals surface area contributed by atoms with E-state index in [4.69, 9.17) is 9.84 Å². The Bertz CT molecular complexity index is 233. The predicted octanol–water partition coefficient (Wildman–Crippen LogP) is 2.33. The first kappa shape index (κ1) is 14.9. The van der Waals surface area contributed by atoms with Gasteiger partial charge in [0.1, 0.15) is 0 Å². The summed E-state index contributed by atoms with van der Waals surface area (Å²) in [6, 6.07) is 0.876. The molecule has 0 saturated carbocycles. The van der Waals surface area contributed by atoms with E-state index in [-0.39, 0.29) is 17.6 Å². The standard InChI is InChI=1S/C14H29NO2/c1-13(2,3)12(6-8-16)15-11-7-9-17-14(4,5)10-11/h11-12,15-16H,6-10H2,1-5H3. The van der Waals surface area contributed by atoms with Crippen molar-refractivity contribution in [2.75, 3.05) is 13.2 Å². The first-order valence-electron chi connectivity index (χ1n) is 6.75. The summed E-state index contributed by atoms with van der Waals surface area (Å²) in [7, 11) is 0. The molecule has 1 fully saturated rings. The molecule has 1 saturated heterocycles. The van der Waals surface area contributed by atoms with Crippen LogP contribution in [0.2, 0.25) is 0 Å². The van der Waals surface area contributed by atoms with E-state index in [1.165, 1.54) is 0 Å². The van der Waals surface area contributed by atoms with Crippen LogP contribution in [-0.4, -0.2) is 36.0 Å². The van der Waals surface area contributed by atoms with Crippen molar-refractivity contribution in [1.82, 2.24) is 5.32 Å². The Labute approximate surface area is 106 Å². The molecule has 1 aliphatic rings. The molecule has 1 heterocycles. The van der Waals surface area contributed by atoms with Crippen LogP contribution >= 0.6 is 0 Å². The average molecular weight is 243 g/mol. The third-order valence-corrected chi connectivity index (χ3v) is 3.60. The van der Waals surface area contributed by atoms with E-state index in [1.807, 2.05) is 0 Å². The van der Waals surface area contributed by atoms with Gasteiger partial charge in [0.15, 0.2) is 0 Å². The molecule has 102 valence electrons. The van der Waals surface area contributed by atoms with Gasteiger partial charge in [0.25, 0.3) is 0 Å². The van der Waals surface area contributed by atoms with E-state index in [1.54, 1.807) is 0 Å². The van der Waals surface area contributed by atoms with E-state index < -0.39 is 0 Å². The molecule has 1 aliphatic heterocycles. The van der Waals surface area contributed by atoms with Gasteiger partial charge in [-0.05, 0) is 38.5 Å². The van der Waals surface area contributed by atoms with Gasteiger partial charge in [-0.2, -0.15) is 0 Å². The van der Waals surface area contributed by atoms with Crippen molar-refractivity contribution < 1.29 is 9.84 Å². The van der Waals surface area contributed by atoms with Gasteiger partial charge >= 0.3 is 0 Å². The monoisotopic (exact) mass is 243 g/mol. The fourth-order valence-electron chi connectivity index (χ4n) is 2.55. The molecule has 0 aromatic rings. The van der Waals surface area contributed by atoms with Gasteiger partial charge in [0.05, 0.1) is 5.60 Å². The number of rotatable bonds is 4. The van der Waals surface area contributed by atoms with Crippen molar-refractivity contribution in [2.24, 2.45) is 5.41 Å². The minimum atomic E-state index is -0.0163.